The quantitative estimate of drug-likeness (QED) is 0.531. The molecule has 0 aromatic rings. The number of carbonyl (C=O) groups is 1. The predicted molar refractivity (Wildman–Crippen MR) is 43.2 cm³/mol. The molecule has 0 saturated carbocycles. The van der Waals surface area contributed by atoms with E-state index in [0.29, 0.717) is 12.6 Å². The van der Waals surface area contributed by atoms with Gasteiger partial charge in [0.2, 0.25) is 0 Å². The summed E-state index contributed by atoms with van der Waals surface area (Å²) in [6.45, 7) is 1.80. The zero-order chi connectivity index (χ0) is 8.10. The Morgan fingerprint density at radius 2 is 2.55 bits per heavy atom. The summed E-state index contributed by atoms with van der Waals surface area (Å²) in [5, 5.41) is 5.91. The summed E-state index contributed by atoms with van der Waals surface area (Å²) < 4.78 is 0. The number of nitrogens with one attached hydrogen (secondary N) is 2. The van der Waals surface area contributed by atoms with E-state index >= 15 is 0 Å². The van der Waals surface area contributed by atoms with E-state index in [0.717, 1.165) is 13.0 Å². The van der Waals surface area contributed by atoms with Crippen LogP contribution in [-0.4, -0.2) is 25.2 Å². The summed E-state index contributed by atoms with van der Waals surface area (Å²) in [6.07, 6.45) is 3.46. The average Bonchev–Trinajstić information content (AvgIpc) is 2.39. The van der Waals surface area contributed by atoms with E-state index in [1.165, 1.54) is 12.8 Å². The van der Waals surface area contributed by atoms with E-state index in [1.807, 2.05) is 0 Å². The minimum Gasteiger partial charge on any atom is -0.352 e. The first-order chi connectivity index (χ1) is 5.29. The fourth-order valence-corrected chi connectivity index (χ4v) is 1.37. The van der Waals surface area contributed by atoms with Crippen LogP contribution in [0.25, 0.3) is 0 Å². The van der Waals surface area contributed by atoms with Gasteiger partial charge in [-0.1, -0.05) is 0 Å². The van der Waals surface area contributed by atoms with Crippen molar-refractivity contribution < 1.29 is 4.79 Å². The second-order valence-corrected chi connectivity index (χ2v) is 2.87. The van der Waals surface area contributed by atoms with Crippen LogP contribution in [0.15, 0.2) is 0 Å². The molecule has 0 aliphatic carbocycles. The highest BCUT2D eigenvalue weighted by atomic mass is 16.2. The highest BCUT2D eigenvalue weighted by molar-refractivity contribution is 5.71. The van der Waals surface area contributed by atoms with Crippen LogP contribution in [0, 0.1) is 0 Å². The van der Waals surface area contributed by atoms with Gasteiger partial charge < -0.3 is 16.4 Å². The number of rotatable bonds is 3. The number of primary amides is 1. The molecular weight excluding hydrogens is 142 g/mol. The minimum atomic E-state index is -0.428. The lowest BCUT2D eigenvalue weighted by Crippen LogP contribution is -2.33. The maximum absolute atomic E-state index is 10.3. The fourth-order valence-electron chi connectivity index (χ4n) is 1.37. The van der Waals surface area contributed by atoms with Gasteiger partial charge in [-0.25, -0.2) is 4.79 Å². The molecule has 4 N–H and O–H groups in total. The molecule has 1 aliphatic heterocycles. The van der Waals surface area contributed by atoms with E-state index in [4.69, 9.17) is 5.73 Å². The van der Waals surface area contributed by atoms with E-state index in [1.54, 1.807) is 0 Å². The summed E-state index contributed by atoms with van der Waals surface area (Å²) in [5.74, 6) is 0. The Kier molecular flexibility index (Phi) is 3.16. The van der Waals surface area contributed by atoms with Crippen molar-refractivity contribution >= 4 is 6.03 Å². The van der Waals surface area contributed by atoms with Crippen LogP contribution in [0.4, 0.5) is 4.79 Å². The number of hydrogen-bond donors (Lipinski definition) is 3. The summed E-state index contributed by atoms with van der Waals surface area (Å²) >= 11 is 0. The molecule has 11 heavy (non-hydrogen) atoms. The van der Waals surface area contributed by atoms with Gasteiger partial charge in [0, 0.05) is 12.6 Å². The molecule has 0 radical (unpaired) electrons. The largest absolute Gasteiger partial charge is 0.352 e. The number of carbonyl (C=O) groups excluding carboxylic acids is 1. The standard InChI is InChI=1S/C7H15N3O/c8-7(11)10-5-3-6-2-1-4-9-6/h6,9H,1-5H2,(H3,8,10,11). The van der Waals surface area contributed by atoms with E-state index < -0.39 is 6.03 Å². The number of nitrogens with two attached hydrogens (primary N) is 1. The van der Waals surface area contributed by atoms with Gasteiger partial charge in [-0.3, -0.25) is 0 Å². The summed E-state index contributed by atoms with van der Waals surface area (Å²) in [5.41, 5.74) is 4.91. The van der Waals surface area contributed by atoms with Crippen LogP contribution in [0.2, 0.25) is 0 Å². The third-order valence-corrected chi connectivity index (χ3v) is 1.95. The van der Waals surface area contributed by atoms with Gasteiger partial charge in [0.05, 0.1) is 0 Å². The molecule has 1 atom stereocenters. The third-order valence-electron chi connectivity index (χ3n) is 1.95. The second kappa shape index (κ2) is 4.18. The van der Waals surface area contributed by atoms with Crippen LogP contribution >= 0.6 is 0 Å². The molecule has 4 nitrogen and oxygen atoms in total. The van der Waals surface area contributed by atoms with Crippen molar-refractivity contribution in [3.05, 3.63) is 0 Å². The zero-order valence-corrected chi connectivity index (χ0v) is 6.60. The number of hydrogen-bond acceptors (Lipinski definition) is 2. The first kappa shape index (κ1) is 8.33. The maximum atomic E-state index is 10.3. The average molecular weight is 157 g/mol. The topological polar surface area (TPSA) is 67.2 Å². The molecule has 1 aliphatic rings. The summed E-state index contributed by atoms with van der Waals surface area (Å²) in [6, 6.07) is 0.157. The van der Waals surface area contributed by atoms with Crippen LogP contribution in [0.5, 0.6) is 0 Å². The SMILES string of the molecule is NC(=O)NCCC1CCCN1. The zero-order valence-electron chi connectivity index (χ0n) is 6.60. The van der Waals surface area contributed by atoms with Crippen molar-refractivity contribution in [2.45, 2.75) is 25.3 Å². The van der Waals surface area contributed by atoms with Crippen molar-refractivity contribution in [3.8, 4) is 0 Å². The molecule has 0 spiro atoms. The molecule has 1 fully saturated rings. The van der Waals surface area contributed by atoms with Crippen LogP contribution in [0.1, 0.15) is 19.3 Å². The minimum absolute atomic E-state index is 0.428. The van der Waals surface area contributed by atoms with Gasteiger partial charge in [0.25, 0.3) is 0 Å². The Hall–Kier alpha value is -0.770. The van der Waals surface area contributed by atoms with Gasteiger partial charge in [0.1, 0.15) is 0 Å². The van der Waals surface area contributed by atoms with Gasteiger partial charge in [-0.05, 0) is 25.8 Å². The Morgan fingerprint density at radius 1 is 1.73 bits per heavy atom. The highest BCUT2D eigenvalue weighted by Crippen LogP contribution is 2.07. The first-order valence-electron chi connectivity index (χ1n) is 4.06. The lowest BCUT2D eigenvalue weighted by Gasteiger charge is -2.08. The highest BCUT2D eigenvalue weighted by Gasteiger charge is 2.12. The predicted octanol–water partition coefficient (Wildman–Crippen LogP) is -0.203. The fraction of sp³-hybridized carbons (Fsp3) is 0.857. The van der Waals surface area contributed by atoms with Crippen molar-refractivity contribution in [3.63, 3.8) is 0 Å². The van der Waals surface area contributed by atoms with Crippen molar-refractivity contribution in [1.29, 1.82) is 0 Å². The normalized spacial score (nSPS) is 23.5. The molecule has 0 aromatic carbocycles. The Bertz CT molecular complexity index is 132. The lowest BCUT2D eigenvalue weighted by molar-refractivity contribution is 0.248. The van der Waals surface area contributed by atoms with Crippen LogP contribution in [0.3, 0.4) is 0 Å². The third kappa shape index (κ3) is 3.23. The molecule has 1 saturated heterocycles. The molecule has 1 rings (SSSR count). The van der Waals surface area contributed by atoms with Gasteiger partial charge in [0.15, 0.2) is 0 Å². The monoisotopic (exact) mass is 157 g/mol. The Morgan fingerprint density at radius 3 is 3.09 bits per heavy atom. The Labute approximate surface area is 66.5 Å². The van der Waals surface area contributed by atoms with Crippen molar-refractivity contribution in [2.24, 2.45) is 5.73 Å². The van der Waals surface area contributed by atoms with Gasteiger partial charge >= 0.3 is 6.03 Å². The maximum Gasteiger partial charge on any atom is 0.312 e. The van der Waals surface area contributed by atoms with E-state index in [-0.39, 0.29) is 0 Å². The van der Waals surface area contributed by atoms with Crippen molar-refractivity contribution in [1.82, 2.24) is 10.6 Å². The molecule has 2 amide bonds. The van der Waals surface area contributed by atoms with Gasteiger partial charge in [-0.15, -0.1) is 0 Å². The van der Waals surface area contributed by atoms with E-state index in [2.05, 4.69) is 10.6 Å². The second-order valence-electron chi connectivity index (χ2n) is 2.87. The van der Waals surface area contributed by atoms with Crippen LogP contribution < -0.4 is 16.4 Å². The van der Waals surface area contributed by atoms with Crippen LogP contribution in [-0.2, 0) is 0 Å². The van der Waals surface area contributed by atoms with Crippen molar-refractivity contribution in [2.75, 3.05) is 13.1 Å². The molecular formula is C7H15N3O. The number of urea groups is 1. The molecule has 1 unspecified atom stereocenters. The molecule has 0 aromatic heterocycles. The molecule has 64 valence electrons. The molecule has 4 heteroatoms. The Balaban J connectivity index is 1.98. The molecule has 1 heterocycles. The molecule has 0 bridgehead atoms. The smallest absolute Gasteiger partial charge is 0.312 e. The van der Waals surface area contributed by atoms with Gasteiger partial charge in [-0.2, -0.15) is 0 Å². The number of amides is 2. The van der Waals surface area contributed by atoms with E-state index in [9.17, 15) is 4.79 Å². The first-order valence-corrected chi connectivity index (χ1v) is 4.06. The summed E-state index contributed by atoms with van der Waals surface area (Å²) in [4.78, 5) is 10.3. The summed E-state index contributed by atoms with van der Waals surface area (Å²) in [7, 11) is 0. The lowest BCUT2D eigenvalue weighted by atomic mass is 10.2.